The summed E-state index contributed by atoms with van der Waals surface area (Å²) in [6.45, 7) is 1.91. The van der Waals surface area contributed by atoms with Crippen LogP contribution >= 0.6 is 11.3 Å². The molecule has 0 aliphatic rings. The number of thiazole rings is 1. The average molecular weight is 389 g/mol. The summed E-state index contributed by atoms with van der Waals surface area (Å²) >= 11 is 1.45. The van der Waals surface area contributed by atoms with Gasteiger partial charge in [0.2, 0.25) is 0 Å². The van der Waals surface area contributed by atoms with Crippen LogP contribution in [0.4, 0.5) is 0 Å². The van der Waals surface area contributed by atoms with Gasteiger partial charge in [-0.2, -0.15) is 0 Å². The van der Waals surface area contributed by atoms with E-state index in [2.05, 4.69) is 9.97 Å². The van der Waals surface area contributed by atoms with Crippen molar-refractivity contribution in [3.8, 4) is 10.8 Å². The minimum atomic E-state index is -0.303. The van der Waals surface area contributed by atoms with Crippen molar-refractivity contribution in [3.63, 3.8) is 0 Å². The number of hydrogen-bond acceptors (Lipinski definition) is 5. The summed E-state index contributed by atoms with van der Waals surface area (Å²) in [5.41, 5.74) is 2.25. The first-order valence-electron chi connectivity index (χ1n) is 8.89. The van der Waals surface area contributed by atoms with Crippen molar-refractivity contribution in [2.45, 2.75) is 13.0 Å². The molecule has 0 fully saturated rings. The second kappa shape index (κ2) is 7.78. The molecule has 4 aromatic rings. The number of rotatable bonds is 5. The highest BCUT2D eigenvalue weighted by molar-refractivity contribution is 7.15. The van der Waals surface area contributed by atoms with Crippen molar-refractivity contribution < 1.29 is 9.21 Å². The van der Waals surface area contributed by atoms with Crippen LogP contribution in [0.25, 0.3) is 10.8 Å². The number of furan rings is 1. The zero-order chi connectivity index (χ0) is 19.5. The SMILES string of the molecule is Cc1sc(-c2ccco2)nc1C(=O)N(C)C(c1ccccc1)c1ccccn1. The summed E-state index contributed by atoms with van der Waals surface area (Å²) < 4.78 is 5.43. The van der Waals surface area contributed by atoms with Crippen molar-refractivity contribution >= 4 is 17.2 Å². The number of amides is 1. The van der Waals surface area contributed by atoms with Crippen LogP contribution in [0.1, 0.15) is 32.7 Å². The molecule has 4 rings (SSSR count). The van der Waals surface area contributed by atoms with Gasteiger partial charge < -0.3 is 9.32 Å². The van der Waals surface area contributed by atoms with Gasteiger partial charge >= 0.3 is 0 Å². The molecule has 0 aliphatic heterocycles. The lowest BCUT2D eigenvalue weighted by molar-refractivity contribution is 0.0747. The number of carbonyl (C=O) groups is 1. The Kier molecular flexibility index (Phi) is 5.04. The molecule has 3 aromatic heterocycles. The molecule has 28 heavy (non-hydrogen) atoms. The van der Waals surface area contributed by atoms with Crippen LogP contribution in [0.5, 0.6) is 0 Å². The lowest BCUT2D eigenvalue weighted by Crippen LogP contribution is -2.33. The molecule has 0 saturated heterocycles. The smallest absolute Gasteiger partial charge is 0.274 e. The van der Waals surface area contributed by atoms with Gasteiger partial charge in [-0.05, 0) is 36.8 Å². The fourth-order valence-corrected chi connectivity index (χ4v) is 4.02. The Balaban J connectivity index is 1.71. The number of benzene rings is 1. The Morgan fingerprint density at radius 2 is 1.86 bits per heavy atom. The predicted octanol–water partition coefficient (Wildman–Crippen LogP) is 4.97. The lowest BCUT2D eigenvalue weighted by Gasteiger charge is -2.28. The van der Waals surface area contributed by atoms with Gasteiger partial charge in [0.25, 0.3) is 5.91 Å². The van der Waals surface area contributed by atoms with E-state index < -0.39 is 0 Å². The summed E-state index contributed by atoms with van der Waals surface area (Å²) in [6, 6.07) is 19.0. The van der Waals surface area contributed by atoms with Crippen LogP contribution in [0.2, 0.25) is 0 Å². The first-order valence-corrected chi connectivity index (χ1v) is 9.71. The maximum absolute atomic E-state index is 13.3. The lowest BCUT2D eigenvalue weighted by atomic mass is 10.0. The van der Waals surface area contributed by atoms with Crippen LogP contribution < -0.4 is 0 Å². The molecule has 0 radical (unpaired) electrons. The quantitative estimate of drug-likeness (QED) is 0.484. The van der Waals surface area contributed by atoms with Crippen molar-refractivity contribution in [2.24, 2.45) is 0 Å². The maximum Gasteiger partial charge on any atom is 0.274 e. The average Bonchev–Trinajstić information content (AvgIpc) is 3.39. The highest BCUT2D eigenvalue weighted by atomic mass is 32.1. The van der Waals surface area contributed by atoms with Gasteiger partial charge in [-0.1, -0.05) is 36.4 Å². The molecule has 1 atom stereocenters. The minimum absolute atomic E-state index is 0.147. The zero-order valence-electron chi connectivity index (χ0n) is 15.6. The largest absolute Gasteiger partial charge is 0.462 e. The topological polar surface area (TPSA) is 59.2 Å². The Morgan fingerprint density at radius 3 is 2.54 bits per heavy atom. The molecule has 0 spiro atoms. The van der Waals surface area contributed by atoms with Crippen LogP contribution in [-0.2, 0) is 0 Å². The number of carbonyl (C=O) groups excluding carboxylic acids is 1. The van der Waals surface area contributed by atoms with Crippen LogP contribution in [-0.4, -0.2) is 27.8 Å². The third kappa shape index (κ3) is 3.46. The summed E-state index contributed by atoms with van der Waals surface area (Å²) in [6.07, 6.45) is 3.35. The highest BCUT2D eigenvalue weighted by Crippen LogP contribution is 2.31. The Bertz CT molecular complexity index is 1020. The first-order chi connectivity index (χ1) is 13.6. The Hall–Kier alpha value is -3.25. The van der Waals surface area contributed by atoms with Gasteiger partial charge in [0.15, 0.2) is 10.8 Å². The van der Waals surface area contributed by atoms with E-state index in [1.807, 2.05) is 67.6 Å². The monoisotopic (exact) mass is 389 g/mol. The fourth-order valence-electron chi connectivity index (χ4n) is 3.15. The normalized spacial score (nSPS) is 11.9. The molecular weight excluding hydrogens is 370 g/mol. The van der Waals surface area contributed by atoms with Gasteiger partial charge in [-0.25, -0.2) is 4.98 Å². The van der Waals surface area contributed by atoms with Crippen molar-refractivity contribution in [1.29, 1.82) is 0 Å². The van der Waals surface area contributed by atoms with E-state index in [0.29, 0.717) is 16.5 Å². The van der Waals surface area contributed by atoms with E-state index >= 15 is 0 Å². The van der Waals surface area contributed by atoms with E-state index in [-0.39, 0.29) is 11.9 Å². The highest BCUT2D eigenvalue weighted by Gasteiger charge is 2.28. The predicted molar refractivity (Wildman–Crippen MR) is 109 cm³/mol. The van der Waals surface area contributed by atoms with Crippen LogP contribution in [0.3, 0.4) is 0 Å². The third-order valence-electron chi connectivity index (χ3n) is 4.52. The van der Waals surface area contributed by atoms with Crippen LogP contribution in [0, 0.1) is 6.92 Å². The molecular formula is C22H19N3O2S. The number of aryl methyl sites for hydroxylation is 1. The summed E-state index contributed by atoms with van der Waals surface area (Å²) in [5, 5.41) is 0.702. The molecule has 0 N–H and O–H groups in total. The molecule has 1 amide bonds. The molecule has 1 unspecified atom stereocenters. The second-order valence-corrected chi connectivity index (χ2v) is 7.59. The van der Waals surface area contributed by atoms with E-state index in [9.17, 15) is 4.79 Å². The molecule has 0 aliphatic carbocycles. The van der Waals surface area contributed by atoms with Gasteiger partial charge in [0.1, 0.15) is 5.69 Å². The minimum Gasteiger partial charge on any atom is -0.462 e. The molecule has 140 valence electrons. The van der Waals surface area contributed by atoms with Crippen LogP contribution in [0.15, 0.2) is 77.5 Å². The summed E-state index contributed by atoms with van der Waals surface area (Å²) in [4.78, 5) is 25.0. The van der Waals surface area contributed by atoms with E-state index in [1.165, 1.54) is 11.3 Å². The second-order valence-electron chi connectivity index (χ2n) is 6.38. The number of hydrogen-bond donors (Lipinski definition) is 0. The van der Waals surface area contributed by atoms with Crippen molar-refractivity contribution in [3.05, 3.63) is 95.0 Å². The van der Waals surface area contributed by atoms with Crippen molar-refractivity contribution in [2.75, 3.05) is 7.05 Å². The molecule has 6 heteroatoms. The summed E-state index contributed by atoms with van der Waals surface area (Å²) in [7, 11) is 1.79. The van der Waals surface area contributed by atoms with E-state index in [4.69, 9.17) is 4.42 Å². The first kappa shape index (κ1) is 18.1. The third-order valence-corrected chi connectivity index (χ3v) is 5.51. The van der Waals surface area contributed by atoms with Crippen molar-refractivity contribution in [1.82, 2.24) is 14.9 Å². The van der Waals surface area contributed by atoms with Gasteiger partial charge in [0, 0.05) is 18.1 Å². The number of aromatic nitrogens is 2. The fraction of sp³-hybridized carbons (Fsp3) is 0.136. The van der Waals surface area contributed by atoms with E-state index in [1.54, 1.807) is 24.4 Å². The number of nitrogens with zero attached hydrogens (tertiary/aromatic N) is 3. The van der Waals surface area contributed by atoms with Gasteiger partial charge in [-0.15, -0.1) is 11.3 Å². The molecule has 0 saturated carbocycles. The Labute approximate surface area is 167 Å². The number of pyridine rings is 1. The molecule has 3 heterocycles. The molecule has 5 nitrogen and oxygen atoms in total. The van der Waals surface area contributed by atoms with Gasteiger partial charge in [0.05, 0.1) is 18.0 Å². The maximum atomic E-state index is 13.3. The summed E-state index contributed by atoms with van der Waals surface area (Å²) in [5.74, 6) is 0.519. The molecule has 1 aromatic carbocycles. The molecule has 0 bridgehead atoms. The van der Waals surface area contributed by atoms with E-state index in [0.717, 1.165) is 16.1 Å². The zero-order valence-corrected chi connectivity index (χ0v) is 16.4. The van der Waals surface area contributed by atoms with Gasteiger partial charge in [-0.3, -0.25) is 9.78 Å². The standard InChI is InChI=1S/C22H19N3O2S/c1-15-19(24-21(28-15)18-12-8-14-27-18)22(26)25(2)20(16-9-4-3-5-10-16)17-11-6-7-13-23-17/h3-14,20H,1-2H3. The Morgan fingerprint density at radius 1 is 1.07 bits per heavy atom.